The van der Waals surface area contributed by atoms with Crippen LogP contribution in [0.5, 0.6) is 11.8 Å². The fourth-order valence-electron chi connectivity index (χ4n) is 8.01. The number of rotatable bonds is 9. The van der Waals surface area contributed by atoms with E-state index in [2.05, 4.69) is 20.6 Å². The average Bonchev–Trinajstić information content (AvgIpc) is 3.76. The van der Waals surface area contributed by atoms with E-state index in [0.29, 0.717) is 13.0 Å². The van der Waals surface area contributed by atoms with Gasteiger partial charge in [0, 0.05) is 30.5 Å². The number of nitrogens with one attached hydrogen (secondary N) is 2. The van der Waals surface area contributed by atoms with Gasteiger partial charge in [-0.05, 0) is 72.6 Å². The van der Waals surface area contributed by atoms with Crippen LogP contribution in [-0.4, -0.2) is 102 Å². The van der Waals surface area contributed by atoms with Gasteiger partial charge >= 0.3 is 18.2 Å². The van der Waals surface area contributed by atoms with Gasteiger partial charge in [0.1, 0.15) is 58.8 Å². The minimum atomic E-state index is -2.96. The van der Waals surface area contributed by atoms with E-state index in [1.54, 1.807) is 41.5 Å². The molecule has 2 saturated heterocycles. The number of benzene rings is 2. The second kappa shape index (κ2) is 16.2. The van der Waals surface area contributed by atoms with E-state index in [0.717, 1.165) is 28.7 Å². The summed E-state index contributed by atoms with van der Waals surface area (Å²) in [6, 6.07) is 2.74. The van der Waals surface area contributed by atoms with Crippen LogP contribution < -0.4 is 25.0 Å². The van der Waals surface area contributed by atoms with Gasteiger partial charge in [-0.25, -0.2) is 31.5 Å². The number of nitriles is 1. The average molecular weight is 880 g/mol. The number of anilines is 2. The molecule has 2 N–H and O–H groups in total. The van der Waals surface area contributed by atoms with Crippen LogP contribution in [0.2, 0.25) is 5.02 Å². The van der Waals surface area contributed by atoms with Crippen molar-refractivity contribution in [2.24, 2.45) is 0 Å². The first-order valence-corrected chi connectivity index (χ1v) is 20.4. The SMILES string of the molecule is CC(C)(C)OC(=O)NC[C@H]1COc2c(Cl)c(-c3ccc(F)c4sc(NC(=O)OC(C)(C)C)c(C#N)c34)c(F)c3nc(OC[C@@]45CCCN4C[C@H](F)C5)nc(c23)N1CC(F)F. The Hall–Kier alpha value is -4.93. The van der Waals surface area contributed by atoms with E-state index in [9.17, 15) is 28.0 Å². The Kier molecular flexibility index (Phi) is 11.6. The van der Waals surface area contributed by atoms with E-state index in [4.69, 9.17) is 30.5 Å². The van der Waals surface area contributed by atoms with Gasteiger partial charge in [-0.2, -0.15) is 15.2 Å². The predicted molar refractivity (Wildman–Crippen MR) is 215 cm³/mol. The lowest BCUT2D eigenvalue weighted by Gasteiger charge is -2.32. The summed E-state index contributed by atoms with van der Waals surface area (Å²) in [6.45, 7) is 8.99. The molecule has 2 amide bonds. The van der Waals surface area contributed by atoms with Gasteiger partial charge in [0.15, 0.2) is 11.6 Å². The summed E-state index contributed by atoms with van der Waals surface area (Å²) in [7, 11) is 0. The number of aromatic nitrogens is 2. The number of thiophene rings is 1. The van der Waals surface area contributed by atoms with E-state index in [1.165, 1.54) is 6.07 Å². The van der Waals surface area contributed by atoms with E-state index in [1.807, 2.05) is 11.0 Å². The molecule has 4 aromatic rings. The first-order chi connectivity index (χ1) is 28.2. The molecule has 0 bridgehead atoms. The number of ether oxygens (including phenoxy) is 4. The number of halogens is 6. The summed E-state index contributed by atoms with van der Waals surface area (Å²) in [6.07, 6.45) is -4.23. The van der Waals surface area contributed by atoms with Gasteiger partial charge in [-0.1, -0.05) is 17.7 Å². The Bertz CT molecular complexity index is 2400. The zero-order valence-electron chi connectivity index (χ0n) is 33.6. The van der Waals surface area contributed by atoms with Crippen molar-refractivity contribution in [3.8, 4) is 29.0 Å². The van der Waals surface area contributed by atoms with Crippen LogP contribution in [0.4, 0.5) is 42.4 Å². The van der Waals surface area contributed by atoms with Gasteiger partial charge < -0.3 is 29.2 Å². The Morgan fingerprint density at radius 3 is 2.52 bits per heavy atom. The Morgan fingerprint density at radius 1 is 1.12 bits per heavy atom. The van der Waals surface area contributed by atoms with Crippen molar-refractivity contribution in [1.29, 1.82) is 5.26 Å². The highest BCUT2D eigenvalue weighted by molar-refractivity contribution is 7.23. The zero-order valence-corrected chi connectivity index (χ0v) is 35.2. The normalized spacial score (nSPS) is 20.5. The highest BCUT2D eigenvalue weighted by Gasteiger charge is 2.49. The summed E-state index contributed by atoms with van der Waals surface area (Å²) in [4.78, 5) is 37.6. The molecule has 3 aliphatic heterocycles. The molecule has 20 heteroatoms. The highest BCUT2D eigenvalue weighted by Crippen LogP contribution is 2.51. The van der Waals surface area contributed by atoms with Crippen molar-refractivity contribution in [2.75, 3.05) is 49.6 Å². The first kappa shape index (κ1) is 43.2. The third-order valence-corrected chi connectivity index (χ3v) is 11.8. The fraction of sp³-hybridized carbons (Fsp3) is 0.525. The monoisotopic (exact) mass is 879 g/mol. The Morgan fingerprint density at radius 2 is 1.83 bits per heavy atom. The van der Waals surface area contributed by atoms with Crippen LogP contribution in [0, 0.1) is 23.0 Å². The van der Waals surface area contributed by atoms with Crippen molar-refractivity contribution in [3.05, 3.63) is 34.4 Å². The molecular weight excluding hydrogens is 837 g/mol. The maximum atomic E-state index is 17.6. The number of carbonyl (C=O) groups excluding carboxylic acids is 2. The lowest BCUT2D eigenvalue weighted by Crippen LogP contribution is -2.49. The predicted octanol–water partition coefficient (Wildman–Crippen LogP) is 8.97. The lowest BCUT2D eigenvalue weighted by atomic mass is 9.95. The third kappa shape index (κ3) is 8.50. The van der Waals surface area contributed by atoms with Crippen LogP contribution in [0.15, 0.2) is 12.1 Å². The summed E-state index contributed by atoms with van der Waals surface area (Å²) in [5.74, 6) is -2.37. The van der Waals surface area contributed by atoms with Crippen LogP contribution in [0.3, 0.4) is 0 Å². The molecule has 0 saturated carbocycles. The summed E-state index contributed by atoms with van der Waals surface area (Å²) in [5, 5.41) is 14.7. The van der Waals surface area contributed by atoms with Crippen LogP contribution in [-0.2, 0) is 9.47 Å². The molecule has 0 radical (unpaired) electrons. The number of alkyl carbamates (subject to hydrolysis) is 1. The van der Waals surface area contributed by atoms with Gasteiger partial charge in [0.05, 0.1) is 38.8 Å². The van der Waals surface area contributed by atoms with Gasteiger partial charge in [-0.3, -0.25) is 10.2 Å². The van der Waals surface area contributed by atoms with Gasteiger partial charge in [-0.15, -0.1) is 11.3 Å². The molecule has 5 heterocycles. The molecule has 3 aliphatic rings. The second-order valence-corrected chi connectivity index (χ2v) is 18.4. The van der Waals surface area contributed by atoms with Crippen LogP contribution >= 0.6 is 22.9 Å². The molecule has 13 nitrogen and oxygen atoms in total. The van der Waals surface area contributed by atoms with Crippen molar-refractivity contribution in [2.45, 2.75) is 96.2 Å². The molecule has 3 atom stereocenters. The third-order valence-electron chi connectivity index (χ3n) is 10.3. The van der Waals surface area contributed by atoms with Crippen molar-refractivity contribution in [1.82, 2.24) is 20.2 Å². The van der Waals surface area contributed by atoms with E-state index >= 15 is 8.78 Å². The molecule has 0 spiro atoms. The molecule has 0 aliphatic carbocycles. The molecule has 2 fully saturated rings. The van der Waals surface area contributed by atoms with Crippen molar-refractivity contribution >= 4 is 66.9 Å². The number of nitrogens with zero attached hydrogens (tertiary/aromatic N) is 5. The quantitative estimate of drug-likeness (QED) is 0.155. The van der Waals surface area contributed by atoms with Gasteiger partial charge in [0.25, 0.3) is 6.43 Å². The number of alkyl halides is 3. The topological polar surface area (TPSA) is 151 Å². The smallest absolute Gasteiger partial charge is 0.412 e. The summed E-state index contributed by atoms with van der Waals surface area (Å²) >= 11 is 7.78. The number of fused-ring (bicyclic) bond motifs is 2. The maximum Gasteiger partial charge on any atom is 0.412 e. The molecule has 60 heavy (non-hydrogen) atoms. The van der Waals surface area contributed by atoms with Crippen molar-refractivity contribution in [3.63, 3.8) is 0 Å². The molecule has 322 valence electrons. The van der Waals surface area contributed by atoms with Gasteiger partial charge in [0.2, 0.25) is 0 Å². The number of carbonyl (C=O) groups is 2. The first-order valence-electron chi connectivity index (χ1n) is 19.2. The molecule has 2 aromatic carbocycles. The standard InChI is InChI=1S/C40H43ClF5N7O6S/c1-38(2,3)58-36(54)48-14-20-17-56-31-27-30(49-35(50-33(27)53(20)16-24(44)45)57-18-40-10-7-11-52(40)15-19(42)12-40)29(46)26(28(31)41)21-8-9-23(43)32-25(21)22(13-47)34(60-32)51-37(55)59-39(4,5)6/h8-9,19-20,24H,7,10-12,14-18H2,1-6H3,(H,48,54)(H,51,55)/t19-,20+,40+/m1/s1. The molecular formula is C40H43ClF5N7O6S. The lowest BCUT2D eigenvalue weighted by molar-refractivity contribution is 0.0519. The van der Waals surface area contributed by atoms with Crippen LogP contribution in [0.25, 0.3) is 32.1 Å². The summed E-state index contributed by atoms with van der Waals surface area (Å²) < 4.78 is 99.8. The van der Waals surface area contributed by atoms with Crippen molar-refractivity contribution < 1.29 is 50.5 Å². The second-order valence-electron chi connectivity index (χ2n) is 17.0. The highest BCUT2D eigenvalue weighted by atomic mass is 35.5. The molecule has 2 aromatic heterocycles. The maximum absolute atomic E-state index is 17.6. The minimum Gasteiger partial charge on any atom is -0.489 e. The molecule has 0 unspecified atom stereocenters. The number of hydrogen-bond acceptors (Lipinski definition) is 12. The molecule has 7 rings (SSSR count). The van der Waals surface area contributed by atoms with Crippen LogP contribution in [0.1, 0.15) is 66.4 Å². The van der Waals surface area contributed by atoms with E-state index in [-0.39, 0.29) is 79.9 Å². The van der Waals surface area contributed by atoms with E-state index < -0.39 is 83.9 Å². The Labute approximate surface area is 351 Å². The zero-order chi connectivity index (χ0) is 43.5. The fourth-order valence-corrected chi connectivity index (χ4v) is 9.41. The largest absolute Gasteiger partial charge is 0.489 e. The minimum absolute atomic E-state index is 0.0779. The number of hydrogen-bond donors (Lipinski definition) is 2. The Balaban J connectivity index is 1.41. The summed E-state index contributed by atoms with van der Waals surface area (Å²) in [5.41, 5.74) is -3.64. The number of amides is 2.